The first-order valence-electron chi connectivity index (χ1n) is 44.9. The third-order valence-corrected chi connectivity index (χ3v) is 37.3. The van der Waals surface area contributed by atoms with Gasteiger partial charge in [0.1, 0.15) is 0 Å². The number of hydrogen-bond acceptors (Lipinski definition) is 0. The van der Waals surface area contributed by atoms with Gasteiger partial charge in [0.05, 0.1) is 0 Å². The molecule has 0 aromatic carbocycles. The van der Waals surface area contributed by atoms with E-state index in [0.717, 1.165) is 44.9 Å². The lowest BCUT2D eigenvalue weighted by molar-refractivity contribution is 0.255. The summed E-state index contributed by atoms with van der Waals surface area (Å²) in [5.41, 5.74) is 86.4. The smallest absolute Gasteiger partial charge is 0.0445 e. The molecule has 552 valence electrons. The fraction of sp³-hybridized carbons (Fsp3) is 0.248. The van der Waals surface area contributed by atoms with E-state index in [1.165, 1.54) is 123 Å². The van der Waals surface area contributed by atoms with Crippen molar-refractivity contribution in [1.82, 2.24) is 0 Å². The Labute approximate surface area is 685 Å². The van der Waals surface area contributed by atoms with Crippen LogP contribution in [-0.4, -0.2) is 0 Å². The van der Waals surface area contributed by atoms with Crippen molar-refractivity contribution in [2.24, 2.45) is 69.0 Å². The topological polar surface area (TPSA) is 0 Å². The van der Waals surface area contributed by atoms with Crippen molar-refractivity contribution >= 4 is 0 Å². The normalized spacial score (nSPS) is 36.5. The van der Waals surface area contributed by atoms with Gasteiger partial charge in [-0.25, -0.2) is 0 Å². The first-order valence-corrected chi connectivity index (χ1v) is 44.9. The summed E-state index contributed by atoms with van der Waals surface area (Å²) in [6.07, 6.45) is 90.5. The Hall–Kier alpha value is -11.4. The van der Waals surface area contributed by atoms with Gasteiger partial charge in [0.25, 0.3) is 0 Å². The molecule has 0 bridgehead atoms. The second kappa shape index (κ2) is 18.9. The van der Waals surface area contributed by atoms with Gasteiger partial charge in [0.2, 0.25) is 0 Å². The van der Waals surface area contributed by atoms with Crippen LogP contribution in [0.4, 0.5) is 0 Å². The highest BCUT2D eigenvalue weighted by atomic mass is 14.8. The van der Waals surface area contributed by atoms with Gasteiger partial charge in [-0.3, -0.25) is 0 Å². The minimum absolute atomic E-state index is 0.170. The Morgan fingerprint density at radius 1 is 0.171 bits per heavy atom. The molecule has 117 heavy (non-hydrogen) atoms. The molecule has 0 radical (unpaired) electrons. The fourth-order valence-electron chi connectivity index (χ4n) is 34.1. The molecular formula is C117H84. The average molecular weight is 1490 g/mol. The Balaban J connectivity index is 0.561. The van der Waals surface area contributed by atoms with Crippen molar-refractivity contribution in [3.8, 4) is 0 Å². The van der Waals surface area contributed by atoms with Gasteiger partial charge >= 0.3 is 0 Å². The van der Waals surface area contributed by atoms with Crippen molar-refractivity contribution in [1.29, 1.82) is 0 Å². The third-order valence-electron chi connectivity index (χ3n) is 37.3. The predicted octanol–water partition coefficient (Wildman–Crippen LogP) is 26.4. The summed E-state index contributed by atoms with van der Waals surface area (Å²) in [6, 6.07) is 0. The average Bonchev–Trinajstić information content (AvgIpc) is 1.50. The monoisotopic (exact) mass is 1490 g/mol. The maximum absolute atomic E-state index is 2.69. The minimum atomic E-state index is -0.288. The summed E-state index contributed by atoms with van der Waals surface area (Å²) >= 11 is 0. The molecule has 12 atom stereocenters. The van der Waals surface area contributed by atoms with E-state index in [9.17, 15) is 0 Å². The van der Waals surface area contributed by atoms with Crippen LogP contribution in [0.25, 0.3) is 0 Å². The summed E-state index contributed by atoms with van der Waals surface area (Å²) in [5.74, 6) is 2.00. The van der Waals surface area contributed by atoms with Crippen molar-refractivity contribution in [3.05, 3.63) is 507 Å². The molecule has 0 heterocycles. The first kappa shape index (κ1) is 61.9. The first-order chi connectivity index (χ1) is 57.4. The molecule has 0 heteroatoms. The van der Waals surface area contributed by atoms with Crippen molar-refractivity contribution in [2.45, 2.75) is 114 Å². The number of rotatable bonds is 10. The molecule has 0 saturated carbocycles. The van der Waals surface area contributed by atoms with E-state index in [4.69, 9.17) is 0 Å². The summed E-state index contributed by atoms with van der Waals surface area (Å²) in [7, 11) is 0. The molecule has 0 aliphatic heterocycles. The Morgan fingerprint density at radius 2 is 0.368 bits per heavy atom. The Bertz CT molecular complexity index is 7500. The molecule has 32 rings (SSSR count). The fourth-order valence-corrected chi connectivity index (χ4v) is 34.1. The highest BCUT2D eigenvalue weighted by molar-refractivity contribution is 5.96. The molecule has 0 fully saturated rings. The number of allylic oxidation sites excluding steroid dienone is 88. The molecule has 0 nitrogen and oxygen atoms in total. The van der Waals surface area contributed by atoms with Gasteiger partial charge in [-0.05, 0) is 399 Å². The zero-order chi connectivity index (χ0) is 76.5. The standard InChI is InChI=1S/C117H84/c1-11-56-72-27-19-64-50(5)60-15-17-62-52(7)66-21-29-80-92(86-41-35-74(56)108(86)114(98(60)62,100(64)72)102(66)80)47-94-82-31-23-68-54(9)70-25-33-84-96(90-45-39-78-58(13-3)76-37-43-88(94)110(76)116(104(68)82,106(70)84)112(78)90)49-97-85-34-26-71-55(10)69-24-32-83-95(89-44-38-77-59(14-4)79-40-46-91(97)113(79)117(105(69)83,107(71)85)111(77)89)48-93-81-30-22-67-53(8)63-18-16-61-51(6)65-20-28-73-57(12-2)75-36-42-87(93)109(75)115(99(61)63,101(65)73)103(67)81/h15-46,98,101,103-104,107-108,111-112H,11-14,47-49H2,1-10H3. The van der Waals surface area contributed by atoms with E-state index >= 15 is 0 Å². The van der Waals surface area contributed by atoms with Crippen LogP contribution in [-0.2, 0) is 0 Å². The van der Waals surface area contributed by atoms with Gasteiger partial charge < -0.3 is 0 Å². The second-order valence-electron chi connectivity index (χ2n) is 39.7. The van der Waals surface area contributed by atoms with Crippen LogP contribution in [0.3, 0.4) is 0 Å². The third kappa shape index (κ3) is 5.67. The maximum atomic E-state index is 2.69. The zero-order valence-electron chi connectivity index (χ0n) is 68.0. The molecule has 0 N–H and O–H groups in total. The lowest BCUT2D eigenvalue weighted by Crippen LogP contribution is -2.52. The van der Waals surface area contributed by atoms with Crippen LogP contribution in [0.2, 0.25) is 0 Å². The lowest BCUT2D eigenvalue weighted by atomic mass is 9.41. The van der Waals surface area contributed by atoms with E-state index < -0.39 is 0 Å². The maximum Gasteiger partial charge on any atom is 0.0445 e. The number of hydrogen-bond donors (Lipinski definition) is 0. The van der Waals surface area contributed by atoms with Crippen molar-refractivity contribution in [2.75, 3.05) is 0 Å². The van der Waals surface area contributed by atoms with Crippen LogP contribution in [0.1, 0.15) is 114 Å². The second-order valence-corrected chi connectivity index (χ2v) is 39.7. The summed E-state index contributed by atoms with van der Waals surface area (Å²) in [4.78, 5) is 0. The molecule has 4 spiro atoms. The van der Waals surface area contributed by atoms with E-state index in [-0.39, 0.29) is 57.2 Å². The van der Waals surface area contributed by atoms with Crippen molar-refractivity contribution < 1.29 is 0 Å². The highest BCUT2D eigenvalue weighted by Crippen LogP contribution is 2.84. The molecule has 0 aromatic heterocycles. The summed E-state index contributed by atoms with van der Waals surface area (Å²) in [6.45, 7) is 24.7. The Kier molecular flexibility index (Phi) is 10.00. The molecule has 0 amide bonds. The quantitative estimate of drug-likeness (QED) is 0.205. The Morgan fingerprint density at radius 3 is 0.675 bits per heavy atom. The van der Waals surface area contributed by atoms with Crippen LogP contribution in [0.15, 0.2) is 507 Å². The summed E-state index contributed by atoms with van der Waals surface area (Å²) < 4.78 is 0. The predicted molar refractivity (Wildman–Crippen MR) is 470 cm³/mol. The van der Waals surface area contributed by atoms with Gasteiger partial charge in [-0.1, -0.05) is 222 Å². The van der Waals surface area contributed by atoms with Crippen LogP contribution >= 0.6 is 0 Å². The van der Waals surface area contributed by atoms with E-state index in [0.29, 0.717) is 11.8 Å². The SMILES string of the molecule is CCC1=C2C=CC3=C2C24C5=C(C=CC5=C(CC5=C6C=CC7=C(C)C8=C9C(=C(CC%10=C%11C=CC%12=C(C)C%13=C%14C(=C(CC%15=C%16C=CC%17=C%16C%16%18C%19=C(C=CC%19=C(C)C%19=CC=C%15C%19%16)C(C)=C%15C=CC(=C%17CC)C%15%18)C%15=CC=C%16C(CC)=C%17C=CC%10=C%17C%14(C%15%16)C%12%11)C=C%13)C%10=CC=C%11C(CC)=C%12C=CC5=C%12C9(C%10%11)C76)C=C8)C5=CC=C1C52)C(C)=C1C=CC(=C3C)C14. The van der Waals surface area contributed by atoms with Gasteiger partial charge in [0, 0.05) is 69.0 Å². The van der Waals surface area contributed by atoms with Crippen LogP contribution < -0.4 is 0 Å². The molecule has 0 saturated heterocycles. The van der Waals surface area contributed by atoms with Gasteiger partial charge in [-0.2, -0.15) is 0 Å². The largest absolute Gasteiger partial charge is 0.0613 e. The molecule has 32 aliphatic rings. The lowest BCUT2D eigenvalue weighted by Gasteiger charge is -2.61. The summed E-state index contributed by atoms with van der Waals surface area (Å²) in [5, 5.41) is 0. The molecular weight excluding hydrogens is 1410 g/mol. The van der Waals surface area contributed by atoms with Gasteiger partial charge in [0.15, 0.2) is 0 Å². The van der Waals surface area contributed by atoms with E-state index in [1.54, 1.807) is 189 Å². The molecule has 32 aliphatic carbocycles. The van der Waals surface area contributed by atoms with E-state index in [2.05, 4.69) is 264 Å². The van der Waals surface area contributed by atoms with Gasteiger partial charge in [-0.15, -0.1) is 0 Å². The highest BCUT2D eigenvalue weighted by Gasteiger charge is 2.74. The molecule has 0 aromatic rings. The zero-order valence-corrected chi connectivity index (χ0v) is 68.0. The molecule has 12 unspecified atom stereocenters. The van der Waals surface area contributed by atoms with Crippen molar-refractivity contribution in [3.63, 3.8) is 0 Å². The van der Waals surface area contributed by atoms with Crippen LogP contribution in [0.5, 0.6) is 0 Å². The van der Waals surface area contributed by atoms with E-state index in [1.807, 2.05) is 0 Å². The minimum Gasteiger partial charge on any atom is -0.0613 e. The van der Waals surface area contributed by atoms with Crippen LogP contribution in [0, 0.1) is 69.0 Å².